The van der Waals surface area contributed by atoms with Gasteiger partial charge in [0.1, 0.15) is 11.6 Å². The molecule has 22 heavy (non-hydrogen) atoms. The van der Waals surface area contributed by atoms with Crippen LogP contribution < -0.4 is 0 Å². The summed E-state index contributed by atoms with van der Waals surface area (Å²) in [6, 6.07) is 12.4. The molecule has 2 aromatic heterocycles. The fourth-order valence-corrected chi connectivity index (χ4v) is 2.60. The van der Waals surface area contributed by atoms with E-state index in [1.165, 1.54) is 11.1 Å². The molecule has 0 bridgehead atoms. The van der Waals surface area contributed by atoms with Gasteiger partial charge in [-0.05, 0) is 61.4 Å². The SMILES string of the molecule is Cc1ccc2nc(C=Cc3nc4ccc(C)cc4[nH]3)[nH]c2c1. The smallest absolute Gasteiger partial charge is 0.131 e. The number of rotatable bonds is 2. The highest BCUT2D eigenvalue weighted by molar-refractivity contribution is 5.81. The molecule has 0 radical (unpaired) electrons. The van der Waals surface area contributed by atoms with Crippen LogP contribution in [0.4, 0.5) is 0 Å². The van der Waals surface area contributed by atoms with Crippen molar-refractivity contribution in [1.82, 2.24) is 19.9 Å². The summed E-state index contributed by atoms with van der Waals surface area (Å²) in [5.41, 5.74) is 6.51. The average Bonchev–Trinajstić information content (AvgIpc) is 3.07. The Hall–Kier alpha value is -2.88. The molecule has 0 saturated heterocycles. The fraction of sp³-hybridized carbons (Fsp3) is 0.111. The molecule has 4 heteroatoms. The van der Waals surface area contributed by atoms with Crippen LogP contribution in [-0.2, 0) is 0 Å². The largest absolute Gasteiger partial charge is 0.338 e. The average molecular weight is 288 g/mol. The summed E-state index contributed by atoms with van der Waals surface area (Å²) >= 11 is 0. The van der Waals surface area contributed by atoms with Gasteiger partial charge in [-0.1, -0.05) is 12.1 Å². The third kappa shape index (κ3) is 2.29. The lowest BCUT2D eigenvalue weighted by molar-refractivity contribution is 1.27. The maximum Gasteiger partial charge on any atom is 0.131 e. The lowest BCUT2D eigenvalue weighted by Gasteiger charge is -1.89. The monoisotopic (exact) mass is 288 g/mol. The minimum atomic E-state index is 0.831. The van der Waals surface area contributed by atoms with E-state index in [4.69, 9.17) is 0 Å². The second kappa shape index (κ2) is 4.84. The van der Waals surface area contributed by atoms with Crippen LogP contribution in [0.3, 0.4) is 0 Å². The maximum atomic E-state index is 4.55. The zero-order chi connectivity index (χ0) is 15.1. The topological polar surface area (TPSA) is 57.4 Å². The molecule has 2 N–H and O–H groups in total. The Morgan fingerprint density at radius 3 is 1.64 bits per heavy atom. The maximum absolute atomic E-state index is 4.55. The number of aromatic nitrogens is 4. The molecule has 0 aliphatic rings. The number of hydrogen-bond acceptors (Lipinski definition) is 2. The minimum Gasteiger partial charge on any atom is -0.338 e. The van der Waals surface area contributed by atoms with Gasteiger partial charge in [-0.2, -0.15) is 0 Å². The quantitative estimate of drug-likeness (QED) is 0.580. The van der Waals surface area contributed by atoms with Gasteiger partial charge < -0.3 is 9.97 Å². The molecule has 0 spiro atoms. The summed E-state index contributed by atoms with van der Waals surface area (Å²) in [5, 5.41) is 0. The van der Waals surface area contributed by atoms with Gasteiger partial charge in [0.25, 0.3) is 0 Å². The van der Waals surface area contributed by atoms with Crippen molar-refractivity contribution in [2.75, 3.05) is 0 Å². The van der Waals surface area contributed by atoms with Crippen molar-refractivity contribution in [1.29, 1.82) is 0 Å². The molecule has 4 rings (SSSR count). The third-order valence-electron chi connectivity index (χ3n) is 3.71. The third-order valence-corrected chi connectivity index (χ3v) is 3.71. The zero-order valence-corrected chi connectivity index (χ0v) is 12.5. The molecule has 108 valence electrons. The number of nitrogens with zero attached hydrogens (tertiary/aromatic N) is 2. The first kappa shape index (κ1) is 12.8. The van der Waals surface area contributed by atoms with Crippen molar-refractivity contribution in [3.05, 3.63) is 59.2 Å². The Bertz CT molecular complexity index is 922. The van der Waals surface area contributed by atoms with E-state index in [0.29, 0.717) is 0 Å². The fourth-order valence-electron chi connectivity index (χ4n) is 2.60. The van der Waals surface area contributed by atoms with Crippen molar-refractivity contribution in [2.24, 2.45) is 0 Å². The van der Waals surface area contributed by atoms with Crippen molar-refractivity contribution in [3.8, 4) is 0 Å². The predicted octanol–water partition coefficient (Wildman–Crippen LogP) is 4.23. The van der Waals surface area contributed by atoms with Crippen molar-refractivity contribution < 1.29 is 0 Å². The van der Waals surface area contributed by atoms with Crippen molar-refractivity contribution >= 4 is 34.2 Å². The Labute approximate surface area is 127 Å². The molecule has 0 unspecified atom stereocenters. The number of benzene rings is 2. The number of aromatic amines is 2. The van der Waals surface area contributed by atoms with E-state index in [1.807, 2.05) is 24.3 Å². The number of aryl methyl sites for hydroxylation is 2. The molecule has 0 aliphatic heterocycles. The Morgan fingerprint density at radius 2 is 1.18 bits per heavy atom. The van der Waals surface area contributed by atoms with Gasteiger partial charge in [0.15, 0.2) is 0 Å². The van der Waals surface area contributed by atoms with E-state index < -0.39 is 0 Å². The highest BCUT2D eigenvalue weighted by Crippen LogP contribution is 2.16. The minimum absolute atomic E-state index is 0.831. The van der Waals surface area contributed by atoms with Crippen LogP contribution in [0.25, 0.3) is 34.2 Å². The number of fused-ring (bicyclic) bond motifs is 2. The number of nitrogens with one attached hydrogen (secondary N) is 2. The second-order valence-electron chi connectivity index (χ2n) is 5.62. The van der Waals surface area contributed by atoms with Gasteiger partial charge in [-0.15, -0.1) is 0 Å². The molecule has 0 fully saturated rings. The Kier molecular flexibility index (Phi) is 2.82. The lowest BCUT2D eigenvalue weighted by atomic mass is 10.2. The molecule has 4 aromatic rings. The lowest BCUT2D eigenvalue weighted by Crippen LogP contribution is -1.76. The molecule has 0 saturated carbocycles. The van der Waals surface area contributed by atoms with Gasteiger partial charge in [-0.25, -0.2) is 9.97 Å². The predicted molar refractivity (Wildman–Crippen MR) is 90.6 cm³/mol. The summed E-state index contributed by atoms with van der Waals surface area (Å²) in [4.78, 5) is 15.7. The van der Waals surface area contributed by atoms with E-state index in [1.54, 1.807) is 0 Å². The Morgan fingerprint density at radius 1 is 0.727 bits per heavy atom. The summed E-state index contributed by atoms with van der Waals surface area (Å²) in [7, 11) is 0. The van der Waals surface area contributed by atoms with E-state index in [9.17, 15) is 0 Å². The molecule has 2 aromatic carbocycles. The molecular formula is C18H16N4. The first-order chi connectivity index (χ1) is 10.7. The van der Waals surface area contributed by atoms with Crippen LogP contribution in [0.15, 0.2) is 36.4 Å². The number of hydrogen-bond donors (Lipinski definition) is 2. The second-order valence-corrected chi connectivity index (χ2v) is 5.62. The summed E-state index contributed by atoms with van der Waals surface area (Å²) in [6.07, 6.45) is 3.89. The van der Waals surface area contributed by atoms with Crippen LogP contribution in [-0.4, -0.2) is 19.9 Å². The molecular weight excluding hydrogens is 272 g/mol. The first-order valence-corrected chi connectivity index (χ1v) is 7.28. The first-order valence-electron chi connectivity index (χ1n) is 7.28. The highest BCUT2D eigenvalue weighted by atomic mass is 14.9. The van der Waals surface area contributed by atoms with E-state index in [0.717, 1.165) is 33.7 Å². The molecule has 0 amide bonds. The highest BCUT2D eigenvalue weighted by Gasteiger charge is 2.02. The van der Waals surface area contributed by atoms with Gasteiger partial charge >= 0.3 is 0 Å². The normalized spacial score (nSPS) is 11.9. The van der Waals surface area contributed by atoms with Gasteiger partial charge in [0.2, 0.25) is 0 Å². The van der Waals surface area contributed by atoms with Crippen LogP contribution in [0.5, 0.6) is 0 Å². The molecule has 0 aliphatic carbocycles. The summed E-state index contributed by atoms with van der Waals surface area (Å²) in [6.45, 7) is 4.15. The zero-order valence-electron chi connectivity index (χ0n) is 12.5. The standard InChI is InChI=1S/C18H16N4/c1-11-3-5-13-15(9-11)21-17(19-13)7-8-18-20-14-6-4-12(2)10-16(14)22-18/h3-10H,1-2H3,(H,19,21)(H,20,22). The van der Waals surface area contributed by atoms with Gasteiger partial charge in [0, 0.05) is 0 Å². The Balaban J connectivity index is 1.68. The van der Waals surface area contributed by atoms with Crippen LogP contribution in [0, 0.1) is 13.8 Å². The van der Waals surface area contributed by atoms with Crippen molar-refractivity contribution in [3.63, 3.8) is 0 Å². The molecule has 2 heterocycles. The number of imidazole rings is 2. The van der Waals surface area contributed by atoms with Gasteiger partial charge in [-0.3, -0.25) is 0 Å². The van der Waals surface area contributed by atoms with Crippen LogP contribution >= 0.6 is 0 Å². The molecule has 0 atom stereocenters. The van der Waals surface area contributed by atoms with Crippen LogP contribution in [0.2, 0.25) is 0 Å². The van der Waals surface area contributed by atoms with Crippen LogP contribution in [0.1, 0.15) is 22.8 Å². The summed E-state index contributed by atoms with van der Waals surface area (Å²) < 4.78 is 0. The number of H-pyrrole nitrogens is 2. The molecule has 4 nitrogen and oxygen atoms in total. The van der Waals surface area contributed by atoms with E-state index in [2.05, 4.69) is 58.0 Å². The van der Waals surface area contributed by atoms with E-state index >= 15 is 0 Å². The van der Waals surface area contributed by atoms with Crippen molar-refractivity contribution in [2.45, 2.75) is 13.8 Å². The van der Waals surface area contributed by atoms with Gasteiger partial charge in [0.05, 0.1) is 22.1 Å². The van der Waals surface area contributed by atoms with E-state index in [-0.39, 0.29) is 0 Å². The summed E-state index contributed by atoms with van der Waals surface area (Å²) in [5.74, 6) is 1.66.